The third-order valence-corrected chi connectivity index (χ3v) is 4.60. The molecular weight excluding hydrogens is 309 g/mol. The molecule has 0 bridgehead atoms. The van der Waals surface area contributed by atoms with Crippen LogP contribution in [0.25, 0.3) is 0 Å². The number of carbonyl (C=O) groups excluding carboxylic acids is 1. The maximum atomic E-state index is 13.1. The second-order valence-electron chi connectivity index (χ2n) is 5.33. The number of thioether (sulfide) groups is 1. The Morgan fingerprint density at radius 3 is 2.52 bits per heavy atom. The van der Waals surface area contributed by atoms with Crippen molar-refractivity contribution in [2.45, 2.75) is 25.6 Å². The summed E-state index contributed by atoms with van der Waals surface area (Å²) in [5.41, 5.74) is 2.11. The first-order chi connectivity index (χ1) is 11.2. The first-order valence-electron chi connectivity index (χ1n) is 7.83. The van der Waals surface area contributed by atoms with Crippen LogP contribution in [0.15, 0.2) is 54.6 Å². The lowest BCUT2D eigenvalue weighted by atomic mass is 10.2. The van der Waals surface area contributed by atoms with Crippen molar-refractivity contribution in [1.82, 2.24) is 4.90 Å². The normalized spacial score (nSPS) is 10.5. The predicted molar refractivity (Wildman–Crippen MR) is 94.7 cm³/mol. The average Bonchev–Trinajstić information content (AvgIpc) is 2.57. The topological polar surface area (TPSA) is 20.3 Å². The highest BCUT2D eigenvalue weighted by Gasteiger charge is 2.11. The number of carbonyl (C=O) groups is 1. The molecule has 1 amide bonds. The number of hydrogen-bond donors (Lipinski definition) is 0. The van der Waals surface area contributed by atoms with E-state index in [-0.39, 0.29) is 11.7 Å². The quantitative estimate of drug-likeness (QED) is 0.664. The van der Waals surface area contributed by atoms with Crippen LogP contribution < -0.4 is 0 Å². The third-order valence-electron chi connectivity index (χ3n) is 3.57. The van der Waals surface area contributed by atoms with E-state index in [0.717, 1.165) is 22.6 Å². The fourth-order valence-electron chi connectivity index (χ4n) is 2.31. The fraction of sp³-hybridized carbons (Fsp3) is 0.316. The summed E-state index contributed by atoms with van der Waals surface area (Å²) < 4.78 is 13.1. The molecule has 0 aliphatic rings. The molecule has 0 aromatic heterocycles. The van der Waals surface area contributed by atoms with E-state index in [1.165, 1.54) is 6.07 Å². The van der Waals surface area contributed by atoms with Gasteiger partial charge in [-0.2, -0.15) is 11.8 Å². The number of nitrogens with zero attached hydrogens (tertiary/aromatic N) is 1. The van der Waals surface area contributed by atoms with Crippen molar-refractivity contribution in [3.05, 3.63) is 71.5 Å². The summed E-state index contributed by atoms with van der Waals surface area (Å²) in [7, 11) is 0. The molecule has 2 aromatic carbocycles. The SMILES string of the molecule is CCN(Cc1ccccc1)C(=O)CCSCc1cccc(F)c1. The first kappa shape index (κ1) is 17.5. The fourth-order valence-corrected chi connectivity index (χ4v) is 3.19. The van der Waals surface area contributed by atoms with E-state index in [4.69, 9.17) is 0 Å². The summed E-state index contributed by atoms with van der Waals surface area (Å²) in [6.45, 7) is 3.37. The van der Waals surface area contributed by atoms with Crippen molar-refractivity contribution in [2.24, 2.45) is 0 Å². The molecule has 0 unspecified atom stereocenters. The van der Waals surface area contributed by atoms with Gasteiger partial charge >= 0.3 is 0 Å². The zero-order valence-electron chi connectivity index (χ0n) is 13.4. The van der Waals surface area contributed by atoms with Gasteiger partial charge in [0.05, 0.1) is 0 Å². The van der Waals surface area contributed by atoms with Crippen molar-refractivity contribution >= 4 is 17.7 Å². The lowest BCUT2D eigenvalue weighted by Gasteiger charge is -2.21. The average molecular weight is 331 g/mol. The van der Waals surface area contributed by atoms with Gasteiger partial charge in [-0.15, -0.1) is 0 Å². The maximum Gasteiger partial charge on any atom is 0.223 e. The third kappa shape index (κ3) is 6.06. The van der Waals surface area contributed by atoms with Crippen molar-refractivity contribution < 1.29 is 9.18 Å². The smallest absolute Gasteiger partial charge is 0.223 e. The molecule has 0 atom stereocenters. The standard InChI is InChI=1S/C19H22FNOS/c1-2-21(14-16-7-4-3-5-8-16)19(22)11-12-23-15-17-9-6-10-18(20)13-17/h3-10,13H,2,11-12,14-15H2,1H3. The molecule has 0 radical (unpaired) electrons. The molecule has 122 valence electrons. The number of amides is 1. The molecule has 0 N–H and O–H groups in total. The molecule has 2 nitrogen and oxygen atoms in total. The van der Waals surface area contributed by atoms with Crippen LogP contribution in [0.2, 0.25) is 0 Å². The zero-order chi connectivity index (χ0) is 16.5. The number of halogens is 1. The van der Waals surface area contributed by atoms with Crippen LogP contribution in [0, 0.1) is 5.82 Å². The number of benzene rings is 2. The Labute approximate surface area is 141 Å². The van der Waals surface area contributed by atoms with E-state index >= 15 is 0 Å². The van der Waals surface area contributed by atoms with Crippen LogP contribution >= 0.6 is 11.8 Å². The molecular formula is C19H22FNOS. The predicted octanol–water partition coefficient (Wildman–Crippen LogP) is 4.50. The minimum atomic E-state index is -0.209. The van der Waals surface area contributed by atoms with E-state index in [2.05, 4.69) is 0 Å². The van der Waals surface area contributed by atoms with Crippen LogP contribution in [0.3, 0.4) is 0 Å². The van der Waals surface area contributed by atoms with E-state index in [1.807, 2.05) is 48.2 Å². The summed E-state index contributed by atoms with van der Waals surface area (Å²) in [5, 5.41) is 0. The Morgan fingerprint density at radius 2 is 1.83 bits per heavy atom. The van der Waals surface area contributed by atoms with Gasteiger partial charge in [0.15, 0.2) is 0 Å². The minimum Gasteiger partial charge on any atom is -0.339 e. The van der Waals surface area contributed by atoms with Crippen LogP contribution in [0.5, 0.6) is 0 Å². The Morgan fingerprint density at radius 1 is 1.09 bits per heavy atom. The minimum absolute atomic E-state index is 0.170. The van der Waals surface area contributed by atoms with E-state index in [1.54, 1.807) is 23.9 Å². The molecule has 2 aromatic rings. The molecule has 0 aliphatic heterocycles. The highest BCUT2D eigenvalue weighted by molar-refractivity contribution is 7.98. The lowest BCUT2D eigenvalue weighted by Crippen LogP contribution is -2.30. The van der Waals surface area contributed by atoms with Crippen LogP contribution in [-0.2, 0) is 17.1 Å². The molecule has 23 heavy (non-hydrogen) atoms. The summed E-state index contributed by atoms with van der Waals surface area (Å²) in [6, 6.07) is 16.6. The van der Waals surface area contributed by atoms with Crippen LogP contribution in [0.1, 0.15) is 24.5 Å². The van der Waals surface area contributed by atoms with Crippen molar-refractivity contribution in [3.63, 3.8) is 0 Å². The summed E-state index contributed by atoms with van der Waals surface area (Å²) in [4.78, 5) is 14.2. The second-order valence-corrected chi connectivity index (χ2v) is 6.43. The van der Waals surface area contributed by atoms with Gasteiger partial charge in [-0.25, -0.2) is 4.39 Å². The van der Waals surface area contributed by atoms with Crippen LogP contribution in [-0.4, -0.2) is 23.1 Å². The molecule has 0 saturated heterocycles. The van der Waals surface area contributed by atoms with E-state index in [9.17, 15) is 9.18 Å². The van der Waals surface area contributed by atoms with Crippen molar-refractivity contribution in [1.29, 1.82) is 0 Å². The molecule has 0 spiro atoms. The molecule has 2 rings (SSSR count). The highest BCUT2D eigenvalue weighted by atomic mass is 32.2. The summed E-state index contributed by atoms with van der Waals surface area (Å²) in [6.07, 6.45) is 0.515. The summed E-state index contributed by atoms with van der Waals surface area (Å²) >= 11 is 1.66. The second kappa shape index (κ2) is 9.36. The summed E-state index contributed by atoms with van der Waals surface area (Å²) in [5.74, 6) is 1.44. The first-order valence-corrected chi connectivity index (χ1v) is 8.98. The van der Waals surface area contributed by atoms with Gasteiger partial charge in [-0.05, 0) is 30.2 Å². The largest absolute Gasteiger partial charge is 0.339 e. The number of hydrogen-bond acceptors (Lipinski definition) is 2. The Bertz CT molecular complexity index is 618. The Kier molecular flexibility index (Phi) is 7.14. The van der Waals surface area contributed by atoms with Gasteiger partial charge in [-0.3, -0.25) is 4.79 Å². The Hall–Kier alpha value is -1.81. The molecule has 0 heterocycles. The van der Waals surface area contributed by atoms with Gasteiger partial charge in [0.2, 0.25) is 5.91 Å². The molecule has 0 saturated carbocycles. The van der Waals surface area contributed by atoms with Gasteiger partial charge in [-0.1, -0.05) is 42.5 Å². The van der Waals surface area contributed by atoms with Crippen molar-refractivity contribution in [2.75, 3.05) is 12.3 Å². The zero-order valence-corrected chi connectivity index (χ0v) is 14.2. The van der Waals surface area contributed by atoms with Crippen molar-refractivity contribution in [3.8, 4) is 0 Å². The van der Waals surface area contributed by atoms with Gasteiger partial charge < -0.3 is 4.90 Å². The number of rotatable bonds is 8. The van der Waals surface area contributed by atoms with Gasteiger partial charge in [0.1, 0.15) is 5.82 Å². The van der Waals surface area contributed by atoms with E-state index in [0.29, 0.717) is 19.5 Å². The molecule has 0 fully saturated rings. The Balaban J connectivity index is 1.74. The van der Waals surface area contributed by atoms with E-state index < -0.39 is 0 Å². The monoisotopic (exact) mass is 331 g/mol. The maximum absolute atomic E-state index is 13.1. The van der Waals surface area contributed by atoms with Gasteiger partial charge in [0, 0.05) is 31.0 Å². The van der Waals surface area contributed by atoms with Gasteiger partial charge in [0.25, 0.3) is 0 Å². The van der Waals surface area contributed by atoms with Crippen LogP contribution in [0.4, 0.5) is 4.39 Å². The molecule has 0 aliphatic carbocycles. The molecule has 4 heteroatoms. The lowest BCUT2D eigenvalue weighted by molar-refractivity contribution is -0.131. The highest BCUT2D eigenvalue weighted by Crippen LogP contribution is 2.15.